The number of nitrogens with zero attached hydrogens (tertiary/aromatic N) is 1. The molecule has 0 aliphatic rings. The largest absolute Gasteiger partial charge is 0.462 e. The lowest BCUT2D eigenvalue weighted by molar-refractivity contribution is -0.141. The van der Waals surface area contributed by atoms with Crippen molar-refractivity contribution in [2.75, 3.05) is 20.7 Å². The molecule has 0 aliphatic heterocycles. The zero-order valence-corrected chi connectivity index (χ0v) is 11.8. The summed E-state index contributed by atoms with van der Waals surface area (Å²) in [5.41, 5.74) is 1.54. The molecule has 0 atom stereocenters. The monoisotopic (exact) mass is 261 g/mol. The molecule has 0 saturated carbocycles. The number of benzene rings is 1. The molecule has 0 bridgehead atoms. The van der Waals surface area contributed by atoms with Gasteiger partial charge >= 0.3 is 5.97 Å². The minimum absolute atomic E-state index is 0.0815. The highest BCUT2D eigenvalue weighted by Crippen LogP contribution is 2.20. The van der Waals surface area contributed by atoms with Crippen molar-refractivity contribution in [3.8, 4) is 0 Å². The first kappa shape index (κ1) is 15.0. The Balaban J connectivity index is 3.29. The molecule has 1 aromatic carbocycles. The number of ether oxygens (including phenoxy) is 1. The molecule has 4 nitrogen and oxygen atoms in total. The summed E-state index contributed by atoms with van der Waals surface area (Å²) in [4.78, 5) is 25.5. The number of likely N-dealkylation sites (N-methyl/N-ethyl adjacent to an activating group) is 1. The predicted molar refractivity (Wildman–Crippen MR) is 74.4 cm³/mol. The van der Waals surface area contributed by atoms with Crippen LogP contribution < -0.4 is 0 Å². The number of hydrogen-bond acceptors (Lipinski definition) is 3. The van der Waals surface area contributed by atoms with E-state index in [1.807, 2.05) is 30.3 Å². The summed E-state index contributed by atoms with van der Waals surface area (Å²) in [5, 5.41) is 0. The SMILES string of the molecule is CCOC(=O)/C(C(=O)N(C)C)=C(\C)c1ccccc1. The Morgan fingerprint density at radius 2 is 1.74 bits per heavy atom. The molecule has 0 fully saturated rings. The molecule has 0 aromatic heterocycles. The van der Waals surface area contributed by atoms with Crippen LogP contribution in [0.3, 0.4) is 0 Å². The van der Waals surface area contributed by atoms with Crippen LogP contribution >= 0.6 is 0 Å². The van der Waals surface area contributed by atoms with Gasteiger partial charge < -0.3 is 9.64 Å². The second kappa shape index (κ2) is 6.73. The highest BCUT2D eigenvalue weighted by Gasteiger charge is 2.24. The van der Waals surface area contributed by atoms with E-state index in [1.54, 1.807) is 27.9 Å². The number of esters is 1. The van der Waals surface area contributed by atoms with Crippen molar-refractivity contribution >= 4 is 17.4 Å². The summed E-state index contributed by atoms with van der Waals surface area (Å²) >= 11 is 0. The normalized spacial score (nSPS) is 11.6. The number of hydrogen-bond donors (Lipinski definition) is 0. The van der Waals surface area contributed by atoms with Crippen molar-refractivity contribution in [1.82, 2.24) is 4.90 Å². The summed E-state index contributed by atoms with van der Waals surface area (Å²) in [6.07, 6.45) is 0. The lowest BCUT2D eigenvalue weighted by Gasteiger charge is -2.15. The first-order valence-corrected chi connectivity index (χ1v) is 6.14. The van der Waals surface area contributed by atoms with E-state index in [-0.39, 0.29) is 18.1 Å². The third-order valence-electron chi connectivity index (χ3n) is 2.68. The maximum atomic E-state index is 12.1. The van der Waals surface area contributed by atoms with Gasteiger partial charge in [0, 0.05) is 14.1 Å². The fourth-order valence-electron chi connectivity index (χ4n) is 1.66. The Kier molecular flexibility index (Phi) is 5.30. The summed E-state index contributed by atoms with van der Waals surface area (Å²) < 4.78 is 4.97. The van der Waals surface area contributed by atoms with Gasteiger partial charge in [-0.3, -0.25) is 4.79 Å². The van der Waals surface area contributed by atoms with Gasteiger partial charge in [0.2, 0.25) is 0 Å². The Labute approximate surface area is 113 Å². The average Bonchev–Trinajstić information content (AvgIpc) is 2.40. The van der Waals surface area contributed by atoms with Gasteiger partial charge in [-0.05, 0) is 25.0 Å². The maximum Gasteiger partial charge on any atom is 0.344 e. The molecule has 0 spiro atoms. The second-order valence-electron chi connectivity index (χ2n) is 4.29. The molecule has 102 valence electrons. The number of allylic oxidation sites excluding steroid dienone is 1. The van der Waals surface area contributed by atoms with Gasteiger partial charge in [0.1, 0.15) is 5.57 Å². The van der Waals surface area contributed by atoms with E-state index >= 15 is 0 Å². The standard InChI is InChI=1S/C15H19NO3/c1-5-19-15(18)13(14(17)16(3)4)11(2)12-9-7-6-8-10-12/h6-10H,5H2,1-4H3/b13-11+. The molecule has 0 saturated heterocycles. The maximum absolute atomic E-state index is 12.1. The van der Waals surface area contributed by atoms with Gasteiger partial charge in [0.05, 0.1) is 6.61 Å². The van der Waals surface area contributed by atoms with E-state index < -0.39 is 5.97 Å². The van der Waals surface area contributed by atoms with Crippen molar-refractivity contribution in [1.29, 1.82) is 0 Å². The molecule has 4 heteroatoms. The van der Waals surface area contributed by atoms with Crippen molar-refractivity contribution in [2.24, 2.45) is 0 Å². The number of rotatable bonds is 4. The Hall–Kier alpha value is -2.10. The fraction of sp³-hybridized carbons (Fsp3) is 0.333. The average molecular weight is 261 g/mol. The molecule has 0 radical (unpaired) electrons. The lowest BCUT2D eigenvalue weighted by atomic mass is 10.0. The molecule has 19 heavy (non-hydrogen) atoms. The van der Waals surface area contributed by atoms with Crippen LogP contribution in [0.25, 0.3) is 5.57 Å². The van der Waals surface area contributed by atoms with Crippen molar-refractivity contribution in [2.45, 2.75) is 13.8 Å². The predicted octanol–water partition coefficient (Wildman–Crippen LogP) is 2.11. The third-order valence-corrected chi connectivity index (χ3v) is 2.68. The molecule has 1 amide bonds. The van der Waals surface area contributed by atoms with Crippen molar-refractivity contribution in [3.05, 3.63) is 41.5 Å². The van der Waals surface area contributed by atoms with Crippen LogP contribution in [0.15, 0.2) is 35.9 Å². The number of carbonyl (C=O) groups excluding carboxylic acids is 2. The van der Waals surface area contributed by atoms with E-state index in [4.69, 9.17) is 4.74 Å². The molecule has 0 N–H and O–H groups in total. The second-order valence-corrected chi connectivity index (χ2v) is 4.29. The minimum atomic E-state index is -0.581. The molecule has 1 rings (SSSR count). The number of amides is 1. The molecule has 0 heterocycles. The smallest absolute Gasteiger partial charge is 0.344 e. The zero-order chi connectivity index (χ0) is 14.4. The fourth-order valence-corrected chi connectivity index (χ4v) is 1.66. The van der Waals surface area contributed by atoms with Crippen molar-refractivity contribution < 1.29 is 14.3 Å². The highest BCUT2D eigenvalue weighted by molar-refractivity contribution is 6.21. The molecule has 1 aromatic rings. The number of carbonyl (C=O) groups is 2. The van der Waals surface area contributed by atoms with Gasteiger partial charge in [0.25, 0.3) is 5.91 Å². The molecule has 0 unspecified atom stereocenters. The quantitative estimate of drug-likeness (QED) is 0.361. The molecular formula is C15H19NO3. The van der Waals surface area contributed by atoms with E-state index in [2.05, 4.69) is 0 Å². The Morgan fingerprint density at radius 3 is 2.21 bits per heavy atom. The van der Waals surface area contributed by atoms with E-state index in [1.165, 1.54) is 4.90 Å². The molecular weight excluding hydrogens is 242 g/mol. The third kappa shape index (κ3) is 3.68. The minimum Gasteiger partial charge on any atom is -0.462 e. The highest BCUT2D eigenvalue weighted by atomic mass is 16.5. The summed E-state index contributed by atoms with van der Waals surface area (Å²) in [6.45, 7) is 3.71. The Bertz CT molecular complexity index is 489. The zero-order valence-electron chi connectivity index (χ0n) is 11.8. The van der Waals surface area contributed by atoms with Gasteiger partial charge in [-0.25, -0.2) is 4.79 Å². The van der Waals surface area contributed by atoms with Gasteiger partial charge in [-0.15, -0.1) is 0 Å². The van der Waals surface area contributed by atoms with Gasteiger partial charge in [-0.1, -0.05) is 30.3 Å². The van der Waals surface area contributed by atoms with E-state index in [0.29, 0.717) is 5.57 Å². The topological polar surface area (TPSA) is 46.6 Å². The van der Waals surface area contributed by atoms with Gasteiger partial charge in [0.15, 0.2) is 0 Å². The van der Waals surface area contributed by atoms with Crippen LogP contribution in [-0.2, 0) is 14.3 Å². The van der Waals surface area contributed by atoms with Crippen LogP contribution in [-0.4, -0.2) is 37.5 Å². The Morgan fingerprint density at radius 1 is 1.16 bits per heavy atom. The first-order valence-electron chi connectivity index (χ1n) is 6.14. The van der Waals surface area contributed by atoms with Crippen LogP contribution in [0.4, 0.5) is 0 Å². The summed E-state index contributed by atoms with van der Waals surface area (Å²) in [7, 11) is 3.22. The summed E-state index contributed by atoms with van der Waals surface area (Å²) in [5.74, 6) is -0.928. The van der Waals surface area contributed by atoms with E-state index in [9.17, 15) is 9.59 Å². The van der Waals surface area contributed by atoms with Crippen LogP contribution in [0.1, 0.15) is 19.4 Å². The first-order chi connectivity index (χ1) is 8.99. The van der Waals surface area contributed by atoms with Crippen molar-refractivity contribution in [3.63, 3.8) is 0 Å². The van der Waals surface area contributed by atoms with Crippen LogP contribution in [0.5, 0.6) is 0 Å². The lowest BCUT2D eigenvalue weighted by Crippen LogP contribution is -2.29. The van der Waals surface area contributed by atoms with E-state index in [0.717, 1.165) is 5.56 Å². The summed E-state index contributed by atoms with van der Waals surface area (Å²) in [6, 6.07) is 9.33. The van der Waals surface area contributed by atoms with Crippen LogP contribution in [0, 0.1) is 0 Å². The van der Waals surface area contributed by atoms with Crippen LogP contribution in [0.2, 0.25) is 0 Å². The molecule has 0 aliphatic carbocycles. The van der Waals surface area contributed by atoms with Gasteiger partial charge in [-0.2, -0.15) is 0 Å².